The molecule has 0 atom stereocenters. The molecular formula is C75H81BN2. The van der Waals surface area contributed by atoms with Crippen LogP contribution in [-0.2, 0) is 32.5 Å². The fourth-order valence-corrected chi connectivity index (χ4v) is 19.0. The van der Waals surface area contributed by atoms with Crippen LogP contribution < -0.4 is 10.4 Å². The molecule has 8 aliphatic rings. The van der Waals surface area contributed by atoms with Crippen molar-refractivity contribution in [2.75, 3.05) is 4.90 Å². The van der Waals surface area contributed by atoms with Gasteiger partial charge in [-0.1, -0.05) is 186 Å². The summed E-state index contributed by atoms with van der Waals surface area (Å²) in [6.07, 6.45) is 21.6. The fraction of sp³-hybridized carbons (Fsp3) is 0.440. The van der Waals surface area contributed by atoms with Gasteiger partial charge in [0.15, 0.2) is 0 Å². The highest BCUT2D eigenvalue weighted by atomic mass is 15.2. The van der Waals surface area contributed by atoms with Gasteiger partial charge in [-0.25, -0.2) is 0 Å². The van der Waals surface area contributed by atoms with E-state index in [2.05, 4.69) is 193 Å². The molecule has 78 heavy (non-hydrogen) atoms. The zero-order valence-corrected chi connectivity index (χ0v) is 48.5. The minimum Gasteiger partial charge on any atom is -0.376 e. The maximum absolute atomic E-state index is 2.97. The van der Waals surface area contributed by atoms with E-state index in [1.54, 1.807) is 27.7 Å². The van der Waals surface area contributed by atoms with Crippen molar-refractivity contribution < 1.29 is 0 Å². The summed E-state index contributed by atoms with van der Waals surface area (Å²) in [6.45, 7) is 22.5. The molecule has 0 saturated heterocycles. The number of rotatable bonds is 4. The summed E-state index contributed by atoms with van der Waals surface area (Å²) < 4.78 is 2.97. The Morgan fingerprint density at radius 3 is 1.82 bits per heavy atom. The third-order valence-corrected chi connectivity index (χ3v) is 23.2. The molecule has 8 aromatic rings. The number of aromatic nitrogens is 1. The zero-order valence-electron chi connectivity index (χ0n) is 48.5. The van der Waals surface area contributed by atoms with Crippen LogP contribution in [0.5, 0.6) is 0 Å². The van der Waals surface area contributed by atoms with Gasteiger partial charge in [-0.05, 0) is 200 Å². The average molecular weight is 1020 g/mol. The van der Waals surface area contributed by atoms with Gasteiger partial charge in [0.25, 0.3) is 0 Å². The molecule has 0 unspecified atom stereocenters. The van der Waals surface area contributed by atoms with E-state index in [1.165, 1.54) is 197 Å². The lowest BCUT2D eigenvalue weighted by Gasteiger charge is -2.46. The number of anilines is 2. The van der Waals surface area contributed by atoms with Gasteiger partial charge in [0.1, 0.15) is 0 Å². The maximum atomic E-state index is 2.97. The van der Waals surface area contributed by atoms with Crippen LogP contribution in [-0.4, -0.2) is 11.3 Å². The molecule has 4 bridgehead atoms. The number of allylic oxidation sites excluding steroid dienone is 1. The normalized spacial score (nSPS) is 26.0. The largest absolute Gasteiger partial charge is 0.376 e. The molecule has 4 fully saturated rings. The van der Waals surface area contributed by atoms with E-state index in [0.717, 1.165) is 11.8 Å². The lowest BCUT2D eigenvalue weighted by molar-refractivity contribution is 0.149. The Kier molecular flexibility index (Phi) is 10.00. The van der Waals surface area contributed by atoms with Crippen LogP contribution in [0.2, 0.25) is 0 Å². The molecule has 0 N–H and O–H groups in total. The summed E-state index contributed by atoms with van der Waals surface area (Å²) >= 11 is 0. The molecule has 0 amide bonds. The number of benzene rings is 7. The van der Waals surface area contributed by atoms with Gasteiger partial charge in [-0.15, -0.1) is 0 Å². The smallest absolute Gasteiger partial charge is 0.329 e. The molecule has 0 spiro atoms. The number of fused-ring (bicyclic) bond motifs is 15. The van der Waals surface area contributed by atoms with Crippen LogP contribution >= 0.6 is 0 Å². The zero-order chi connectivity index (χ0) is 53.0. The summed E-state index contributed by atoms with van der Waals surface area (Å²) in [5.74, 6) is 1.73. The second kappa shape index (κ2) is 16.2. The van der Waals surface area contributed by atoms with Gasteiger partial charge in [0.2, 0.25) is 0 Å². The number of hydrogen-bond donors (Lipinski definition) is 0. The third kappa shape index (κ3) is 6.57. The molecule has 7 aromatic carbocycles. The molecule has 4 saturated carbocycles. The van der Waals surface area contributed by atoms with Gasteiger partial charge in [-0.2, -0.15) is 0 Å². The Morgan fingerprint density at radius 2 is 1.14 bits per heavy atom. The highest BCUT2D eigenvalue weighted by Crippen LogP contribution is 2.62. The molecule has 1 aromatic heterocycles. The molecule has 0 radical (unpaired) electrons. The monoisotopic (exact) mass is 1020 g/mol. The minimum atomic E-state index is -0.296. The van der Waals surface area contributed by atoms with Crippen LogP contribution in [0.25, 0.3) is 60.5 Å². The van der Waals surface area contributed by atoms with Gasteiger partial charge < -0.3 is 9.38 Å². The molecule has 3 heterocycles. The Bertz CT molecular complexity index is 3900. The van der Waals surface area contributed by atoms with Gasteiger partial charge in [-0.3, -0.25) is 0 Å². The van der Waals surface area contributed by atoms with Crippen molar-refractivity contribution >= 4 is 62.0 Å². The van der Waals surface area contributed by atoms with Gasteiger partial charge in [0.05, 0.1) is 11.4 Å². The average Bonchev–Trinajstić information content (AvgIpc) is 3.97. The van der Waals surface area contributed by atoms with Crippen molar-refractivity contribution in [3.63, 3.8) is 0 Å². The SMILES string of the molecule is CC(C)(C)c1ccc(N2C3=C(B4c5c(cc6ccccc6c52)-c2cc(C56CCCC(CCC5)C6)cc5c6cc(C78CCCC(CCC7)C8)ccc6n4c25)C(C)(C)c2cc4c(cc23)C(C)(C)CCC4(C)C)c(-c2ccccc2)c1. The predicted octanol–water partition coefficient (Wildman–Crippen LogP) is 19.6. The van der Waals surface area contributed by atoms with E-state index < -0.39 is 0 Å². The first-order valence-corrected chi connectivity index (χ1v) is 31.1. The van der Waals surface area contributed by atoms with E-state index in [4.69, 9.17) is 0 Å². The second-order valence-electron chi connectivity index (χ2n) is 29.9. The summed E-state index contributed by atoms with van der Waals surface area (Å²) in [7, 11) is 0. The van der Waals surface area contributed by atoms with Crippen LogP contribution in [0, 0.1) is 11.8 Å². The van der Waals surface area contributed by atoms with Crippen molar-refractivity contribution in [3.05, 3.63) is 166 Å². The topological polar surface area (TPSA) is 8.17 Å². The Labute approximate surface area is 466 Å². The minimum absolute atomic E-state index is 0.0108. The van der Waals surface area contributed by atoms with E-state index in [9.17, 15) is 0 Å². The van der Waals surface area contributed by atoms with E-state index >= 15 is 0 Å². The standard InChI is InChI=1S/C75H81BN2/c1-70(2,3)50-27-29-63(54(38-50)48-23-11-10-12-24-48)77-67-53-26-14-13-25-49(53)37-56-58-41-52(75-33-17-21-47(45-75)22-18-34-75)40-57-55-39-51(74-31-15-19-46(44-74)20-16-32-74)28-30-64(55)78(66(57)58)76(65(56)67)69-68(77)59-42-61-62(43-60(59)73(69,8)9)72(6,7)36-35-71(61,4)5/h10-14,23-30,37-43,46-47H,15-22,31-36,44-45H2,1-9H3. The number of hydrogen-bond acceptors (Lipinski definition) is 1. The van der Waals surface area contributed by atoms with Crippen LogP contribution in [0.15, 0.2) is 127 Å². The molecular weight excluding hydrogens is 940 g/mol. The van der Waals surface area contributed by atoms with Crippen LogP contribution in [0.1, 0.15) is 204 Å². The highest BCUT2D eigenvalue weighted by molar-refractivity contribution is 6.86. The first-order chi connectivity index (χ1) is 37.4. The third-order valence-electron chi connectivity index (χ3n) is 23.2. The fourth-order valence-electron chi connectivity index (χ4n) is 19.0. The first kappa shape index (κ1) is 48.1. The summed E-state index contributed by atoms with van der Waals surface area (Å²) in [4.78, 5) is 2.87. The van der Waals surface area contributed by atoms with E-state index in [0.29, 0.717) is 5.41 Å². The molecule has 6 aliphatic carbocycles. The van der Waals surface area contributed by atoms with Crippen molar-refractivity contribution in [2.24, 2.45) is 11.8 Å². The van der Waals surface area contributed by atoms with Crippen LogP contribution in [0.4, 0.5) is 11.4 Å². The lowest BCUT2D eigenvalue weighted by atomic mass is 9.40. The summed E-state index contributed by atoms with van der Waals surface area (Å²) in [5.41, 5.74) is 26.5. The van der Waals surface area contributed by atoms with E-state index in [-0.39, 0.29) is 33.9 Å². The van der Waals surface area contributed by atoms with Crippen molar-refractivity contribution in [1.29, 1.82) is 0 Å². The Morgan fingerprint density at radius 1 is 0.513 bits per heavy atom. The molecule has 3 heteroatoms. The van der Waals surface area contributed by atoms with Crippen molar-refractivity contribution in [1.82, 2.24) is 4.48 Å². The van der Waals surface area contributed by atoms with Gasteiger partial charge in [0, 0.05) is 55.0 Å². The summed E-state index contributed by atoms with van der Waals surface area (Å²) in [6, 6.07) is 50.3. The molecule has 2 nitrogen and oxygen atoms in total. The Balaban J connectivity index is 1.07. The maximum Gasteiger partial charge on any atom is 0.329 e. The second-order valence-corrected chi connectivity index (χ2v) is 29.9. The van der Waals surface area contributed by atoms with Crippen molar-refractivity contribution in [2.45, 2.75) is 198 Å². The first-order valence-electron chi connectivity index (χ1n) is 31.1. The van der Waals surface area contributed by atoms with Gasteiger partial charge >= 0.3 is 6.85 Å². The molecule has 394 valence electrons. The molecule has 16 rings (SSSR count). The quantitative estimate of drug-likeness (QED) is 0.160. The highest BCUT2D eigenvalue weighted by Gasteiger charge is 2.56. The van der Waals surface area contributed by atoms with Crippen molar-refractivity contribution in [3.8, 4) is 22.3 Å². The molecule has 2 aliphatic heterocycles. The lowest BCUT2D eigenvalue weighted by Crippen LogP contribution is -2.52. The van der Waals surface area contributed by atoms with E-state index in [1.807, 2.05) is 0 Å². The Hall–Kier alpha value is -5.80. The number of nitrogens with zero attached hydrogens (tertiary/aromatic N) is 2. The predicted molar refractivity (Wildman–Crippen MR) is 333 cm³/mol. The van der Waals surface area contributed by atoms with Crippen LogP contribution in [0.3, 0.4) is 0 Å². The summed E-state index contributed by atoms with van der Waals surface area (Å²) in [5, 5.41) is 5.70.